The van der Waals surface area contributed by atoms with Crippen LogP contribution < -0.4 is 0 Å². The van der Waals surface area contributed by atoms with Gasteiger partial charge in [-0.25, -0.2) is 0 Å². The van der Waals surface area contributed by atoms with Crippen molar-refractivity contribution in [1.29, 1.82) is 0 Å². The van der Waals surface area contributed by atoms with Crippen LogP contribution in [0.15, 0.2) is 0 Å². The van der Waals surface area contributed by atoms with E-state index in [9.17, 15) is 4.79 Å². The molecule has 1 aliphatic rings. The molecule has 0 aliphatic carbocycles. The zero-order valence-corrected chi connectivity index (χ0v) is 12.2. The molecular formula is C15H24N2O2. The van der Waals surface area contributed by atoms with Crippen molar-refractivity contribution in [3.8, 4) is 0 Å². The molecule has 4 nitrogen and oxygen atoms in total. The van der Waals surface area contributed by atoms with Gasteiger partial charge in [0.15, 0.2) is 0 Å². The van der Waals surface area contributed by atoms with Gasteiger partial charge in [0.25, 0.3) is 0 Å². The van der Waals surface area contributed by atoms with Gasteiger partial charge in [-0.05, 0) is 45.1 Å². The van der Waals surface area contributed by atoms with Gasteiger partial charge in [-0.15, -0.1) is 0 Å². The second-order valence-corrected chi connectivity index (χ2v) is 5.49. The minimum Gasteiger partial charge on any atom is -0.378 e. The molecule has 0 radical (unpaired) electrons. The first-order valence-electron chi connectivity index (χ1n) is 7.20. The average Bonchev–Trinajstić information content (AvgIpc) is 2.96. The summed E-state index contributed by atoms with van der Waals surface area (Å²) in [4.78, 5) is 11.9. The van der Waals surface area contributed by atoms with Crippen molar-refractivity contribution in [3.63, 3.8) is 0 Å². The molecule has 1 fully saturated rings. The van der Waals surface area contributed by atoms with Crippen LogP contribution in [0.3, 0.4) is 0 Å². The summed E-state index contributed by atoms with van der Waals surface area (Å²) >= 11 is 0. The Morgan fingerprint density at radius 2 is 2.21 bits per heavy atom. The fourth-order valence-electron chi connectivity index (χ4n) is 2.76. The molecule has 1 aliphatic heterocycles. The van der Waals surface area contributed by atoms with Gasteiger partial charge in [-0.1, -0.05) is 0 Å². The van der Waals surface area contributed by atoms with Gasteiger partial charge in [0, 0.05) is 32.2 Å². The van der Waals surface area contributed by atoms with E-state index in [0.29, 0.717) is 24.7 Å². The Balaban J connectivity index is 1.76. The van der Waals surface area contributed by atoms with Crippen LogP contribution >= 0.6 is 0 Å². The lowest BCUT2D eigenvalue weighted by Gasteiger charge is -2.08. The Kier molecular flexibility index (Phi) is 4.75. The van der Waals surface area contributed by atoms with Crippen molar-refractivity contribution in [2.24, 2.45) is 7.05 Å². The number of aryl methyl sites for hydroxylation is 2. The highest BCUT2D eigenvalue weighted by atomic mass is 16.5. The topological polar surface area (TPSA) is 44.1 Å². The predicted molar refractivity (Wildman–Crippen MR) is 74.2 cm³/mol. The van der Waals surface area contributed by atoms with Crippen LogP contribution in [0.1, 0.15) is 49.1 Å². The van der Waals surface area contributed by atoms with Crippen molar-refractivity contribution in [1.82, 2.24) is 9.78 Å². The van der Waals surface area contributed by atoms with Gasteiger partial charge in [0.2, 0.25) is 0 Å². The van der Waals surface area contributed by atoms with Crippen molar-refractivity contribution in [2.45, 2.75) is 58.5 Å². The summed E-state index contributed by atoms with van der Waals surface area (Å²) in [7, 11) is 1.95. The predicted octanol–water partition coefficient (Wildman–Crippen LogP) is 2.50. The molecule has 0 spiro atoms. The summed E-state index contributed by atoms with van der Waals surface area (Å²) in [6.07, 6.45) is 5.58. The van der Waals surface area contributed by atoms with Gasteiger partial charge >= 0.3 is 0 Å². The molecule has 0 saturated carbocycles. The summed E-state index contributed by atoms with van der Waals surface area (Å²) in [5.41, 5.74) is 3.45. The van der Waals surface area contributed by atoms with Gasteiger partial charge in [-0.2, -0.15) is 5.10 Å². The largest absolute Gasteiger partial charge is 0.378 e. The third-order valence-electron chi connectivity index (χ3n) is 4.08. The van der Waals surface area contributed by atoms with E-state index < -0.39 is 0 Å². The Bertz CT molecular complexity index is 445. The number of Topliss-reactive ketones (excluding diaryl/α,β-unsaturated/α-hetero) is 1. The number of ether oxygens (including phenoxy) is 1. The van der Waals surface area contributed by atoms with Crippen LogP contribution in [-0.4, -0.2) is 28.3 Å². The Morgan fingerprint density at radius 3 is 2.79 bits per heavy atom. The number of rotatable bonds is 6. The first-order chi connectivity index (χ1) is 9.08. The molecule has 1 aromatic heterocycles. The van der Waals surface area contributed by atoms with Crippen molar-refractivity contribution < 1.29 is 9.53 Å². The van der Waals surface area contributed by atoms with Crippen LogP contribution in [0.5, 0.6) is 0 Å². The molecule has 106 valence electrons. The highest BCUT2D eigenvalue weighted by Gasteiger charge is 2.17. The third-order valence-corrected chi connectivity index (χ3v) is 4.08. The molecule has 0 bridgehead atoms. The van der Waals surface area contributed by atoms with E-state index in [0.717, 1.165) is 38.0 Å². The number of nitrogens with zero attached hydrogens (tertiary/aromatic N) is 2. The first-order valence-corrected chi connectivity index (χ1v) is 7.20. The van der Waals surface area contributed by atoms with Crippen molar-refractivity contribution in [2.75, 3.05) is 6.61 Å². The first kappa shape index (κ1) is 14.3. The molecule has 1 unspecified atom stereocenters. The average molecular weight is 264 g/mol. The smallest absolute Gasteiger partial charge is 0.133 e. The Morgan fingerprint density at radius 1 is 1.42 bits per heavy atom. The molecule has 1 aromatic rings. The van der Waals surface area contributed by atoms with Gasteiger partial charge in [-0.3, -0.25) is 9.48 Å². The lowest BCUT2D eigenvalue weighted by molar-refractivity contribution is -0.119. The number of carbonyl (C=O) groups excluding carboxylic acids is 1. The molecule has 1 saturated heterocycles. The Labute approximate surface area is 115 Å². The number of carbonyl (C=O) groups is 1. The molecular weight excluding hydrogens is 240 g/mol. The quantitative estimate of drug-likeness (QED) is 0.793. The van der Waals surface area contributed by atoms with E-state index in [1.807, 2.05) is 18.7 Å². The third kappa shape index (κ3) is 3.66. The number of ketones is 1. The minimum absolute atomic E-state index is 0.325. The summed E-state index contributed by atoms with van der Waals surface area (Å²) < 4.78 is 7.43. The van der Waals surface area contributed by atoms with E-state index in [-0.39, 0.29) is 0 Å². The zero-order valence-electron chi connectivity index (χ0n) is 12.2. The summed E-state index contributed by atoms with van der Waals surface area (Å²) in [6, 6.07) is 0. The molecule has 19 heavy (non-hydrogen) atoms. The second kappa shape index (κ2) is 6.33. The normalized spacial score (nSPS) is 19.0. The fraction of sp³-hybridized carbons (Fsp3) is 0.733. The summed E-state index contributed by atoms with van der Waals surface area (Å²) in [5.74, 6) is 0.346. The fourth-order valence-corrected chi connectivity index (χ4v) is 2.76. The van der Waals surface area contributed by atoms with Gasteiger partial charge in [0.1, 0.15) is 5.78 Å². The summed E-state index contributed by atoms with van der Waals surface area (Å²) in [5, 5.41) is 4.38. The van der Waals surface area contributed by atoms with Crippen molar-refractivity contribution >= 4 is 5.78 Å². The number of hydrogen-bond acceptors (Lipinski definition) is 3. The highest BCUT2D eigenvalue weighted by molar-refractivity contribution is 5.78. The van der Waals surface area contributed by atoms with Crippen LogP contribution in [0.25, 0.3) is 0 Å². The highest BCUT2D eigenvalue weighted by Crippen LogP contribution is 2.18. The maximum atomic E-state index is 11.9. The van der Waals surface area contributed by atoms with Gasteiger partial charge in [0.05, 0.1) is 11.8 Å². The van der Waals surface area contributed by atoms with E-state index in [4.69, 9.17) is 4.74 Å². The lowest BCUT2D eigenvalue weighted by atomic mass is 10.0. The molecule has 1 atom stereocenters. The maximum absolute atomic E-state index is 11.9. The molecule has 4 heteroatoms. The molecule has 2 rings (SSSR count). The second-order valence-electron chi connectivity index (χ2n) is 5.49. The minimum atomic E-state index is 0.325. The lowest BCUT2D eigenvalue weighted by Crippen LogP contribution is -2.09. The molecule has 0 N–H and O–H groups in total. The van der Waals surface area contributed by atoms with Crippen molar-refractivity contribution in [3.05, 3.63) is 17.0 Å². The zero-order chi connectivity index (χ0) is 13.8. The molecule has 0 amide bonds. The van der Waals surface area contributed by atoms with E-state index >= 15 is 0 Å². The van der Waals surface area contributed by atoms with Crippen LogP contribution in [0.2, 0.25) is 0 Å². The maximum Gasteiger partial charge on any atom is 0.133 e. The van der Waals surface area contributed by atoms with Crippen LogP contribution in [-0.2, 0) is 23.0 Å². The standard InChI is InChI=1S/C15H24N2O2/c1-11-15(12(2)17(3)16-11)9-7-13(18)6-8-14-5-4-10-19-14/h14H,4-10H2,1-3H3. The Hall–Kier alpha value is -1.16. The monoisotopic (exact) mass is 264 g/mol. The van der Waals surface area contributed by atoms with E-state index in [1.165, 1.54) is 11.3 Å². The van der Waals surface area contributed by atoms with E-state index in [1.54, 1.807) is 0 Å². The van der Waals surface area contributed by atoms with E-state index in [2.05, 4.69) is 12.0 Å². The number of hydrogen-bond donors (Lipinski definition) is 0. The van der Waals surface area contributed by atoms with Crippen LogP contribution in [0, 0.1) is 13.8 Å². The number of aromatic nitrogens is 2. The molecule has 2 heterocycles. The SMILES string of the molecule is Cc1nn(C)c(C)c1CCC(=O)CCC1CCCO1. The summed E-state index contributed by atoms with van der Waals surface area (Å²) in [6.45, 7) is 4.94. The van der Waals surface area contributed by atoms with Gasteiger partial charge < -0.3 is 4.74 Å². The van der Waals surface area contributed by atoms with Crippen LogP contribution in [0.4, 0.5) is 0 Å². The molecule has 0 aromatic carbocycles.